The van der Waals surface area contributed by atoms with Crippen molar-refractivity contribution >= 4 is 44.5 Å². The van der Waals surface area contributed by atoms with Crippen LogP contribution in [0.15, 0.2) is 53.9 Å². The van der Waals surface area contributed by atoms with Crippen molar-refractivity contribution in [1.82, 2.24) is 15.3 Å². The number of nitrogen functional groups attached to an aromatic ring is 1. The summed E-state index contributed by atoms with van der Waals surface area (Å²) < 4.78 is 5.45. The lowest BCUT2D eigenvalue weighted by Crippen LogP contribution is -2.22. The number of rotatable bonds is 7. The molecular formula is C22H21N5O2S2. The number of anilines is 3. The van der Waals surface area contributed by atoms with E-state index in [0.29, 0.717) is 33.8 Å². The summed E-state index contributed by atoms with van der Waals surface area (Å²) in [5.41, 5.74) is 9.71. The normalized spacial score (nSPS) is 10.6. The van der Waals surface area contributed by atoms with E-state index in [1.54, 1.807) is 25.3 Å². The minimum Gasteiger partial charge on any atom is -0.495 e. The SMILES string of the molecule is COc1ccc(C(=O)NCc2ccccc2)cc1Nc1nc(-c2sc(N)nc2C)cs1. The van der Waals surface area contributed by atoms with Gasteiger partial charge in [-0.25, -0.2) is 9.97 Å². The molecule has 0 aliphatic carbocycles. The van der Waals surface area contributed by atoms with Crippen LogP contribution in [-0.2, 0) is 6.54 Å². The van der Waals surface area contributed by atoms with Crippen LogP contribution >= 0.6 is 22.7 Å². The first-order valence-corrected chi connectivity index (χ1v) is 11.2. The monoisotopic (exact) mass is 451 g/mol. The summed E-state index contributed by atoms with van der Waals surface area (Å²) in [6.07, 6.45) is 0. The second-order valence-electron chi connectivity index (χ2n) is 6.71. The van der Waals surface area contributed by atoms with Crippen LogP contribution in [0, 0.1) is 6.92 Å². The molecule has 0 aliphatic rings. The van der Waals surface area contributed by atoms with Gasteiger partial charge in [-0.1, -0.05) is 41.7 Å². The van der Waals surface area contributed by atoms with Gasteiger partial charge < -0.3 is 21.1 Å². The van der Waals surface area contributed by atoms with Crippen molar-refractivity contribution in [2.75, 3.05) is 18.2 Å². The van der Waals surface area contributed by atoms with Gasteiger partial charge in [-0.3, -0.25) is 4.79 Å². The number of aryl methyl sites for hydroxylation is 1. The third-order valence-electron chi connectivity index (χ3n) is 4.55. The highest BCUT2D eigenvalue weighted by molar-refractivity contribution is 7.19. The van der Waals surface area contributed by atoms with Gasteiger partial charge in [0.25, 0.3) is 5.91 Å². The first-order valence-electron chi connectivity index (χ1n) is 9.49. The second kappa shape index (κ2) is 9.15. The number of hydrogen-bond acceptors (Lipinski definition) is 8. The molecule has 4 aromatic rings. The molecule has 0 unspecified atom stereocenters. The number of methoxy groups -OCH3 is 1. The van der Waals surface area contributed by atoms with E-state index in [2.05, 4.69) is 20.6 Å². The first-order chi connectivity index (χ1) is 15.0. The summed E-state index contributed by atoms with van der Waals surface area (Å²) in [7, 11) is 1.59. The fourth-order valence-corrected chi connectivity index (χ4v) is 4.62. The van der Waals surface area contributed by atoms with E-state index in [0.717, 1.165) is 21.8 Å². The summed E-state index contributed by atoms with van der Waals surface area (Å²) >= 11 is 2.87. The van der Waals surface area contributed by atoms with Gasteiger partial charge in [-0.2, -0.15) is 0 Å². The third kappa shape index (κ3) is 4.84. The van der Waals surface area contributed by atoms with Crippen molar-refractivity contribution in [1.29, 1.82) is 0 Å². The van der Waals surface area contributed by atoms with Gasteiger partial charge >= 0.3 is 0 Å². The Balaban J connectivity index is 1.51. The lowest BCUT2D eigenvalue weighted by atomic mass is 10.1. The van der Waals surface area contributed by atoms with Gasteiger partial charge in [0.15, 0.2) is 10.3 Å². The first kappa shape index (κ1) is 20.8. The minimum atomic E-state index is -0.162. The number of benzene rings is 2. The molecule has 2 heterocycles. The molecule has 158 valence electrons. The molecule has 4 rings (SSSR count). The van der Waals surface area contributed by atoms with Crippen LogP contribution in [0.3, 0.4) is 0 Å². The average molecular weight is 452 g/mol. The molecule has 31 heavy (non-hydrogen) atoms. The maximum Gasteiger partial charge on any atom is 0.251 e. The van der Waals surface area contributed by atoms with E-state index in [1.807, 2.05) is 42.6 Å². The molecule has 2 aromatic heterocycles. The van der Waals surface area contributed by atoms with Crippen molar-refractivity contribution in [2.24, 2.45) is 0 Å². The maximum absolute atomic E-state index is 12.6. The Morgan fingerprint density at radius 3 is 2.68 bits per heavy atom. The van der Waals surface area contributed by atoms with Gasteiger partial charge in [0, 0.05) is 17.5 Å². The Morgan fingerprint density at radius 2 is 1.97 bits per heavy atom. The predicted octanol–water partition coefficient (Wildman–Crippen LogP) is 4.84. The van der Waals surface area contributed by atoms with E-state index in [1.165, 1.54) is 22.7 Å². The topological polar surface area (TPSA) is 102 Å². The van der Waals surface area contributed by atoms with Gasteiger partial charge in [0.2, 0.25) is 0 Å². The highest BCUT2D eigenvalue weighted by Gasteiger charge is 2.15. The quantitative estimate of drug-likeness (QED) is 0.372. The maximum atomic E-state index is 12.6. The fraction of sp³-hybridized carbons (Fsp3) is 0.136. The Hall–Kier alpha value is -3.43. The summed E-state index contributed by atoms with van der Waals surface area (Å²) in [6.45, 7) is 2.37. The number of nitrogens with zero attached hydrogens (tertiary/aromatic N) is 2. The highest BCUT2D eigenvalue weighted by atomic mass is 32.1. The lowest BCUT2D eigenvalue weighted by molar-refractivity contribution is 0.0951. The Kier molecular flexibility index (Phi) is 6.15. The van der Waals surface area contributed by atoms with Crippen molar-refractivity contribution in [2.45, 2.75) is 13.5 Å². The van der Waals surface area contributed by atoms with E-state index >= 15 is 0 Å². The third-order valence-corrected chi connectivity index (χ3v) is 6.32. The number of ether oxygens (including phenoxy) is 1. The summed E-state index contributed by atoms with van der Waals surface area (Å²) in [4.78, 5) is 22.5. The van der Waals surface area contributed by atoms with Crippen LogP contribution in [0.1, 0.15) is 21.6 Å². The van der Waals surface area contributed by atoms with E-state index in [9.17, 15) is 4.79 Å². The van der Waals surface area contributed by atoms with E-state index in [4.69, 9.17) is 10.5 Å². The molecule has 0 spiro atoms. The van der Waals surface area contributed by atoms with E-state index < -0.39 is 0 Å². The van der Waals surface area contributed by atoms with Crippen molar-refractivity contribution < 1.29 is 9.53 Å². The Morgan fingerprint density at radius 1 is 1.16 bits per heavy atom. The predicted molar refractivity (Wildman–Crippen MR) is 126 cm³/mol. The van der Waals surface area contributed by atoms with E-state index in [-0.39, 0.29) is 5.91 Å². The summed E-state index contributed by atoms with van der Waals surface area (Å²) in [5.74, 6) is 0.458. The smallest absolute Gasteiger partial charge is 0.251 e. The summed E-state index contributed by atoms with van der Waals surface area (Å²) in [5, 5.41) is 9.36. The second-order valence-corrected chi connectivity index (χ2v) is 8.60. The van der Waals surface area contributed by atoms with Gasteiger partial charge in [-0.05, 0) is 30.7 Å². The largest absolute Gasteiger partial charge is 0.495 e. The minimum absolute atomic E-state index is 0.162. The van der Waals surface area contributed by atoms with Crippen LogP contribution < -0.4 is 21.1 Å². The van der Waals surface area contributed by atoms with Crippen LogP contribution in [-0.4, -0.2) is 23.0 Å². The van der Waals surface area contributed by atoms with Gasteiger partial charge in [0.1, 0.15) is 5.75 Å². The summed E-state index contributed by atoms with van der Waals surface area (Å²) in [6, 6.07) is 15.0. The average Bonchev–Trinajstić information content (AvgIpc) is 3.38. The highest BCUT2D eigenvalue weighted by Crippen LogP contribution is 2.35. The standard InChI is InChI=1S/C22H21N5O2S2/c1-13-19(31-21(23)25-13)17-12-30-22(27-17)26-16-10-15(8-9-18(16)29-2)20(28)24-11-14-6-4-3-5-7-14/h3-10,12H,11H2,1-2H3,(H2,23,25)(H,24,28)(H,26,27). The zero-order chi connectivity index (χ0) is 21.8. The fourth-order valence-electron chi connectivity index (χ4n) is 3.03. The molecule has 0 atom stereocenters. The molecule has 0 aliphatic heterocycles. The molecule has 7 nitrogen and oxygen atoms in total. The molecule has 0 fully saturated rings. The number of carbonyl (C=O) groups excluding carboxylic acids is 1. The Labute approximate surface area is 187 Å². The Bertz CT molecular complexity index is 1200. The molecule has 4 N–H and O–H groups in total. The number of nitrogens with two attached hydrogens (primary N) is 1. The van der Waals surface area contributed by atoms with Crippen LogP contribution in [0.25, 0.3) is 10.6 Å². The molecule has 1 amide bonds. The number of amides is 1. The van der Waals surface area contributed by atoms with Crippen LogP contribution in [0.4, 0.5) is 16.0 Å². The number of hydrogen-bond donors (Lipinski definition) is 3. The van der Waals surface area contributed by atoms with Gasteiger partial charge in [0.05, 0.1) is 29.1 Å². The molecule has 0 saturated heterocycles. The van der Waals surface area contributed by atoms with Gasteiger partial charge in [-0.15, -0.1) is 11.3 Å². The molecule has 0 saturated carbocycles. The molecule has 0 bridgehead atoms. The number of nitrogens with one attached hydrogen (secondary N) is 2. The van der Waals surface area contributed by atoms with Crippen LogP contribution in [0.5, 0.6) is 5.75 Å². The van der Waals surface area contributed by atoms with Crippen LogP contribution in [0.2, 0.25) is 0 Å². The zero-order valence-electron chi connectivity index (χ0n) is 17.0. The molecular weight excluding hydrogens is 430 g/mol. The molecule has 9 heteroatoms. The van der Waals surface area contributed by atoms with Crippen molar-refractivity contribution in [3.8, 4) is 16.3 Å². The number of carbonyl (C=O) groups is 1. The lowest BCUT2D eigenvalue weighted by Gasteiger charge is -2.12. The molecule has 2 aromatic carbocycles. The van der Waals surface area contributed by atoms with Crippen molar-refractivity contribution in [3.05, 3.63) is 70.7 Å². The number of thiazole rings is 2. The van der Waals surface area contributed by atoms with Crippen molar-refractivity contribution in [3.63, 3.8) is 0 Å². The number of aromatic nitrogens is 2. The zero-order valence-corrected chi connectivity index (χ0v) is 18.6. The molecule has 0 radical (unpaired) electrons.